The Labute approximate surface area is 180 Å². The van der Waals surface area contributed by atoms with Crippen molar-refractivity contribution in [3.63, 3.8) is 0 Å². The molecule has 1 N–H and O–H groups in total. The van der Waals surface area contributed by atoms with Crippen molar-refractivity contribution < 1.29 is 4.79 Å². The van der Waals surface area contributed by atoms with Gasteiger partial charge >= 0.3 is 0 Å². The molecule has 0 aliphatic heterocycles. The van der Waals surface area contributed by atoms with Crippen molar-refractivity contribution in [1.82, 2.24) is 25.0 Å². The standard InChI is InChI=1S/C19H14Cl2N6OS/c1-11-5-6-13(8-15(11)21)24-16(28)9-29-19-17-18(22-10-23-19)27(26-25-17)14-4-2-3-12(20)7-14/h2-8,10H,9H2,1H3,(H,24,28). The molecule has 29 heavy (non-hydrogen) atoms. The highest BCUT2D eigenvalue weighted by molar-refractivity contribution is 8.00. The predicted molar refractivity (Wildman–Crippen MR) is 115 cm³/mol. The molecule has 2 aromatic heterocycles. The van der Waals surface area contributed by atoms with Crippen LogP contribution in [0.25, 0.3) is 16.9 Å². The third kappa shape index (κ3) is 4.34. The van der Waals surface area contributed by atoms with Gasteiger partial charge in [-0.2, -0.15) is 4.68 Å². The first-order valence-corrected chi connectivity index (χ1v) is 10.3. The van der Waals surface area contributed by atoms with E-state index in [0.717, 1.165) is 11.3 Å². The van der Waals surface area contributed by atoms with E-state index in [0.29, 0.717) is 31.9 Å². The van der Waals surface area contributed by atoms with E-state index in [4.69, 9.17) is 23.2 Å². The molecule has 0 radical (unpaired) electrons. The van der Waals surface area contributed by atoms with Gasteiger partial charge in [-0.1, -0.05) is 52.3 Å². The average molecular weight is 445 g/mol. The lowest BCUT2D eigenvalue weighted by atomic mass is 10.2. The molecule has 2 heterocycles. The fourth-order valence-electron chi connectivity index (χ4n) is 2.62. The van der Waals surface area contributed by atoms with E-state index < -0.39 is 0 Å². The Balaban J connectivity index is 1.51. The fourth-order valence-corrected chi connectivity index (χ4v) is 3.71. The van der Waals surface area contributed by atoms with E-state index in [9.17, 15) is 4.79 Å². The van der Waals surface area contributed by atoms with Crippen molar-refractivity contribution in [1.29, 1.82) is 0 Å². The van der Waals surface area contributed by atoms with Crippen LogP contribution in [0.15, 0.2) is 53.8 Å². The molecule has 0 unspecified atom stereocenters. The van der Waals surface area contributed by atoms with Crippen molar-refractivity contribution >= 4 is 57.7 Å². The maximum Gasteiger partial charge on any atom is 0.234 e. The summed E-state index contributed by atoms with van der Waals surface area (Å²) in [5.41, 5.74) is 3.39. The number of benzene rings is 2. The lowest BCUT2D eigenvalue weighted by Gasteiger charge is -2.07. The Morgan fingerprint density at radius 3 is 2.83 bits per heavy atom. The van der Waals surface area contributed by atoms with Crippen LogP contribution < -0.4 is 5.32 Å². The maximum absolute atomic E-state index is 12.3. The lowest BCUT2D eigenvalue weighted by Crippen LogP contribution is -2.14. The summed E-state index contributed by atoms with van der Waals surface area (Å²) in [6, 6.07) is 12.6. The molecular formula is C19H14Cl2N6OS. The zero-order valence-electron chi connectivity index (χ0n) is 15.1. The Morgan fingerprint density at radius 1 is 1.17 bits per heavy atom. The Hall–Kier alpha value is -2.68. The van der Waals surface area contributed by atoms with Gasteiger partial charge in [0.25, 0.3) is 0 Å². The first kappa shape index (κ1) is 19.6. The summed E-state index contributed by atoms with van der Waals surface area (Å²) in [4.78, 5) is 20.8. The van der Waals surface area contributed by atoms with Crippen molar-refractivity contribution in [2.24, 2.45) is 0 Å². The summed E-state index contributed by atoms with van der Waals surface area (Å²) in [7, 11) is 0. The van der Waals surface area contributed by atoms with Crippen LogP contribution in [0.3, 0.4) is 0 Å². The summed E-state index contributed by atoms with van der Waals surface area (Å²) < 4.78 is 1.58. The molecule has 0 fully saturated rings. The normalized spacial score (nSPS) is 11.0. The van der Waals surface area contributed by atoms with Gasteiger partial charge in [0.1, 0.15) is 11.4 Å². The molecular weight excluding hydrogens is 431 g/mol. The van der Waals surface area contributed by atoms with Gasteiger partial charge in [-0.25, -0.2) is 9.97 Å². The highest BCUT2D eigenvalue weighted by atomic mass is 35.5. The molecule has 7 nitrogen and oxygen atoms in total. The molecule has 146 valence electrons. The number of fused-ring (bicyclic) bond motifs is 1. The van der Waals surface area contributed by atoms with Crippen LogP contribution in [0.5, 0.6) is 0 Å². The number of halogens is 2. The Kier molecular flexibility index (Phi) is 5.66. The van der Waals surface area contributed by atoms with E-state index in [1.54, 1.807) is 22.9 Å². The van der Waals surface area contributed by atoms with Crippen LogP contribution in [-0.2, 0) is 4.79 Å². The van der Waals surface area contributed by atoms with E-state index in [1.807, 2.05) is 31.2 Å². The highest BCUT2D eigenvalue weighted by Gasteiger charge is 2.15. The molecule has 0 saturated heterocycles. The van der Waals surface area contributed by atoms with Gasteiger partial charge in [-0.05, 0) is 42.8 Å². The van der Waals surface area contributed by atoms with Crippen molar-refractivity contribution in [2.45, 2.75) is 11.9 Å². The van der Waals surface area contributed by atoms with Crippen molar-refractivity contribution in [2.75, 3.05) is 11.1 Å². The van der Waals surface area contributed by atoms with Crippen LogP contribution in [0, 0.1) is 6.92 Å². The number of rotatable bonds is 5. The predicted octanol–water partition coefficient (Wildman–Crippen LogP) is 4.56. The average Bonchev–Trinajstić information content (AvgIpc) is 3.14. The van der Waals surface area contributed by atoms with Crippen LogP contribution in [0.1, 0.15) is 5.56 Å². The minimum Gasteiger partial charge on any atom is -0.325 e. The molecule has 0 aliphatic carbocycles. The number of carbonyl (C=O) groups is 1. The fraction of sp³-hybridized carbons (Fsp3) is 0.105. The van der Waals surface area contributed by atoms with Crippen molar-refractivity contribution in [3.05, 3.63) is 64.4 Å². The molecule has 4 rings (SSSR count). The number of aryl methyl sites for hydroxylation is 1. The summed E-state index contributed by atoms with van der Waals surface area (Å²) in [5, 5.41) is 12.9. The molecule has 2 aromatic carbocycles. The molecule has 0 atom stereocenters. The first-order chi connectivity index (χ1) is 14.0. The Morgan fingerprint density at radius 2 is 2.03 bits per heavy atom. The minimum atomic E-state index is -0.177. The quantitative estimate of drug-likeness (QED) is 0.358. The second-order valence-corrected chi connectivity index (χ2v) is 7.94. The summed E-state index contributed by atoms with van der Waals surface area (Å²) >= 11 is 13.4. The van der Waals surface area contributed by atoms with Gasteiger partial charge < -0.3 is 5.32 Å². The second-order valence-electron chi connectivity index (χ2n) is 6.13. The number of thioether (sulfide) groups is 1. The van der Waals surface area contributed by atoms with Gasteiger partial charge in [-0.15, -0.1) is 5.10 Å². The van der Waals surface area contributed by atoms with Gasteiger partial charge in [-0.3, -0.25) is 4.79 Å². The molecule has 1 amide bonds. The molecule has 10 heteroatoms. The largest absolute Gasteiger partial charge is 0.325 e. The number of aromatic nitrogens is 5. The molecule has 4 aromatic rings. The zero-order chi connectivity index (χ0) is 20.4. The minimum absolute atomic E-state index is 0.154. The van der Waals surface area contributed by atoms with E-state index in [1.165, 1.54) is 18.1 Å². The van der Waals surface area contributed by atoms with E-state index >= 15 is 0 Å². The monoisotopic (exact) mass is 444 g/mol. The SMILES string of the molecule is Cc1ccc(NC(=O)CSc2ncnc3c2nnn3-c2cccc(Cl)c2)cc1Cl. The van der Waals surface area contributed by atoms with Crippen LogP contribution in [-0.4, -0.2) is 36.6 Å². The number of carbonyl (C=O) groups excluding carboxylic acids is 1. The van der Waals surface area contributed by atoms with Crippen LogP contribution in [0.4, 0.5) is 5.69 Å². The second kappa shape index (κ2) is 8.36. The highest BCUT2D eigenvalue weighted by Crippen LogP contribution is 2.25. The van der Waals surface area contributed by atoms with Crippen LogP contribution >= 0.6 is 35.0 Å². The summed E-state index contributed by atoms with van der Waals surface area (Å²) in [5.74, 6) is -0.0225. The number of hydrogen-bond acceptors (Lipinski definition) is 6. The van der Waals surface area contributed by atoms with Gasteiger partial charge in [0.2, 0.25) is 5.91 Å². The molecule has 0 bridgehead atoms. The van der Waals surface area contributed by atoms with E-state index in [-0.39, 0.29) is 11.7 Å². The third-order valence-corrected chi connectivity index (χ3v) is 5.67. The van der Waals surface area contributed by atoms with Gasteiger partial charge in [0.15, 0.2) is 11.2 Å². The van der Waals surface area contributed by atoms with Crippen LogP contribution in [0.2, 0.25) is 10.0 Å². The molecule has 0 aliphatic rings. The first-order valence-electron chi connectivity index (χ1n) is 8.52. The number of anilines is 1. The number of nitrogens with one attached hydrogen (secondary N) is 1. The number of hydrogen-bond donors (Lipinski definition) is 1. The third-order valence-electron chi connectivity index (χ3n) is 4.05. The summed E-state index contributed by atoms with van der Waals surface area (Å²) in [6.07, 6.45) is 1.42. The van der Waals surface area contributed by atoms with Gasteiger partial charge in [0.05, 0.1) is 11.4 Å². The van der Waals surface area contributed by atoms with Crippen molar-refractivity contribution in [3.8, 4) is 5.69 Å². The van der Waals surface area contributed by atoms with Gasteiger partial charge in [0, 0.05) is 15.7 Å². The smallest absolute Gasteiger partial charge is 0.234 e. The maximum atomic E-state index is 12.3. The number of amides is 1. The van der Waals surface area contributed by atoms with E-state index in [2.05, 4.69) is 25.6 Å². The number of nitrogens with zero attached hydrogens (tertiary/aromatic N) is 5. The topological polar surface area (TPSA) is 85.6 Å². The molecule has 0 spiro atoms. The Bertz CT molecular complexity index is 1210. The lowest BCUT2D eigenvalue weighted by molar-refractivity contribution is -0.113. The summed E-state index contributed by atoms with van der Waals surface area (Å²) in [6.45, 7) is 1.90. The molecule has 0 saturated carbocycles. The zero-order valence-corrected chi connectivity index (χ0v) is 17.5.